The summed E-state index contributed by atoms with van der Waals surface area (Å²) in [5.74, 6) is -5.31. The van der Waals surface area contributed by atoms with Crippen LogP contribution in [0.2, 0.25) is 0 Å². The van der Waals surface area contributed by atoms with E-state index in [1.807, 2.05) is 19.1 Å². The molecule has 7 rings (SSSR count). The second-order valence-electron chi connectivity index (χ2n) is 14.1. The summed E-state index contributed by atoms with van der Waals surface area (Å²) in [7, 11) is 0. The number of aromatic nitrogens is 5. The minimum Gasteiger partial charge on any atom is -0.355 e. The fourth-order valence-corrected chi connectivity index (χ4v) is 8.07. The topological polar surface area (TPSA) is 152 Å². The van der Waals surface area contributed by atoms with Gasteiger partial charge in [-0.2, -0.15) is 5.10 Å². The summed E-state index contributed by atoms with van der Waals surface area (Å²) in [4.78, 5) is 68.5. The number of halogens is 3. The molecule has 3 aliphatic rings. The number of carbonyl (C=O) groups excluding carboxylic acids is 4. The molecule has 4 atom stereocenters. The molecule has 3 amide bonds. The Bertz CT molecular complexity index is 2100. The van der Waals surface area contributed by atoms with Gasteiger partial charge in [0.1, 0.15) is 40.4 Å². The minimum absolute atomic E-state index is 0.0641. The third-order valence-electron chi connectivity index (χ3n) is 10.5. The number of nitrogens with zero attached hydrogens (tertiary/aromatic N) is 6. The summed E-state index contributed by atoms with van der Waals surface area (Å²) < 4.78 is 30.8. The summed E-state index contributed by atoms with van der Waals surface area (Å²) >= 11 is 3.33. The maximum Gasteiger partial charge on any atom is 0.259 e. The molecule has 3 aromatic heterocycles. The normalized spacial score (nSPS) is 23.3. The van der Waals surface area contributed by atoms with E-state index in [2.05, 4.69) is 46.6 Å². The molecular weight excluding hydrogens is 726 g/mol. The Kier molecular flexibility index (Phi) is 8.75. The minimum atomic E-state index is -3.06. The Morgan fingerprint density at radius 1 is 1.00 bits per heavy atom. The summed E-state index contributed by atoms with van der Waals surface area (Å²) in [5, 5.41) is 10.8. The molecule has 1 aliphatic heterocycles. The van der Waals surface area contributed by atoms with E-state index < -0.39 is 47.1 Å². The van der Waals surface area contributed by atoms with E-state index in [1.165, 1.54) is 16.5 Å². The smallest absolute Gasteiger partial charge is 0.259 e. The lowest BCUT2D eigenvalue weighted by atomic mass is 9.97. The van der Waals surface area contributed by atoms with Gasteiger partial charge in [-0.3, -0.25) is 23.9 Å². The number of Topliss-reactive ketones (excluding diaryl/α,β-unsaturated/α-hetero) is 1. The number of aryl methyl sites for hydroxylation is 3. The zero-order valence-corrected chi connectivity index (χ0v) is 30.2. The molecule has 2 saturated carbocycles. The van der Waals surface area contributed by atoms with E-state index in [4.69, 9.17) is 0 Å². The molecule has 51 heavy (non-hydrogen) atoms. The van der Waals surface area contributed by atoms with Crippen LogP contribution in [0.3, 0.4) is 0 Å². The van der Waals surface area contributed by atoms with Crippen molar-refractivity contribution in [1.29, 1.82) is 0 Å². The van der Waals surface area contributed by atoms with Crippen LogP contribution in [0, 0.1) is 32.1 Å². The van der Waals surface area contributed by atoms with Gasteiger partial charge in [0.15, 0.2) is 5.78 Å². The highest BCUT2D eigenvalue weighted by Crippen LogP contribution is 2.59. The predicted molar refractivity (Wildman–Crippen MR) is 187 cm³/mol. The van der Waals surface area contributed by atoms with Crippen LogP contribution in [0.4, 0.5) is 14.6 Å². The standard InChI is InChI=1S/C36H37BrF2N8O4/c1-18-7-8-28(37)43-32(18)44-34(51)26-12-35(17-42-33(50)25-6-5-9-36(25,38)39)13-27(35)47(26)29(49)16-46-31-19(2)10-22(23-14-40-21(4)41-15-23)11-24(31)30(45-46)20(3)48/h7-8,10-11,14-15,25-27H,5-6,9,12-13,16-17H2,1-4H3,(H,42,50)(H,43,44,51)/t25?,26-,27+,35-/m0/s1. The largest absolute Gasteiger partial charge is 0.355 e. The maximum absolute atomic E-state index is 14.4. The number of likely N-dealkylation sites (tertiary alicyclic amines) is 1. The molecule has 1 aromatic carbocycles. The van der Waals surface area contributed by atoms with Crippen molar-refractivity contribution in [1.82, 2.24) is 34.9 Å². The zero-order valence-electron chi connectivity index (χ0n) is 28.6. The first-order valence-electron chi connectivity index (χ1n) is 16.9. The van der Waals surface area contributed by atoms with Crippen LogP contribution in [0.5, 0.6) is 0 Å². The average molecular weight is 764 g/mol. The SMILES string of the molecule is CC(=O)c1nn(CC(=O)N2[C@H](C(=O)Nc3nc(Br)ccc3C)C[C@@]3(CNC(=O)C4CCCC4(F)F)C[C@@H]23)c2c(C)cc(-c3cnc(C)nc3)cc12. The molecule has 1 unspecified atom stereocenters. The predicted octanol–water partition coefficient (Wildman–Crippen LogP) is 5.33. The monoisotopic (exact) mass is 762 g/mol. The first-order chi connectivity index (χ1) is 24.2. The van der Waals surface area contributed by atoms with E-state index in [0.717, 1.165) is 22.3 Å². The van der Waals surface area contributed by atoms with Gasteiger partial charge in [-0.25, -0.2) is 23.7 Å². The van der Waals surface area contributed by atoms with Crippen LogP contribution in [0.25, 0.3) is 22.0 Å². The van der Waals surface area contributed by atoms with Crippen molar-refractivity contribution in [3.63, 3.8) is 0 Å². The second-order valence-corrected chi connectivity index (χ2v) is 14.9. The third kappa shape index (κ3) is 6.40. The molecule has 0 radical (unpaired) electrons. The summed E-state index contributed by atoms with van der Waals surface area (Å²) in [5.41, 5.74) is 3.20. The van der Waals surface area contributed by atoms with Crippen LogP contribution in [0.1, 0.15) is 66.5 Å². The van der Waals surface area contributed by atoms with Crippen molar-refractivity contribution in [3.8, 4) is 11.1 Å². The summed E-state index contributed by atoms with van der Waals surface area (Å²) in [6, 6.07) is 5.97. The third-order valence-corrected chi connectivity index (χ3v) is 11.0. The molecule has 15 heteroatoms. The van der Waals surface area contributed by atoms with Gasteiger partial charge in [0.2, 0.25) is 17.7 Å². The molecule has 4 heterocycles. The molecule has 0 bridgehead atoms. The molecule has 12 nitrogen and oxygen atoms in total. The Labute approximate surface area is 300 Å². The molecule has 4 aromatic rings. The van der Waals surface area contributed by atoms with Gasteiger partial charge in [-0.15, -0.1) is 0 Å². The van der Waals surface area contributed by atoms with Crippen LogP contribution in [0.15, 0.2) is 41.3 Å². The van der Waals surface area contributed by atoms with Crippen molar-refractivity contribution in [3.05, 3.63) is 63.9 Å². The Balaban J connectivity index is 1.18. The highest BCUT2D eigenvalue weighted by Gasteiger charge is 2.67. The molecule has 1 saturated heterocycles. The van der Waals surface area contributed by atoms with Crippen LogP contribution >= 0.6 is 15.9 Å². The Morgan fingerprint density at radius 3 is 2.43 bits per heavy atom. The molecule has 0 spiro atoms. The number of benzene rings is 1. The highest BCUT2D eigenvalue weighted by atomic mass is 79.9. The highest BCUT2D eigenvalue weighted by molar-refractivity contribution is 9.10. The molecule has 266 valence electrons. The summed E-state index contributed by atoms with van der Waals surface area (Å²) in [6.45, 7) is 6.68. The van der Waals surface area contributed by atoms with Gasteiger partial charge in [0.05, 0.1) is 5.52 Å². The van der Waals surface area contributed by atoms with E-state index in [1.54, 1.807) is 38.4 Å². The molecule has 3 fully saturated rings. The van der Waals surface area contributed by atoms with E-state index >= 15 is 0 Å². The lowest BCUT2D eigenvalue weighted by Crippen LogP contribution is -2.47. The van der Waals surface area contributed by atoms with Gasteiger partial charge in [0.25, 0.3) is 5.92 Å². The van der Waals surface area contributed by atoms with E-state index in [-0.39, 0.29) is 50.2 Å². The van der Waals surface area contributed by atoms with Crippen molar-refractivity contribution in [2.75, 3.05) is 11.9 Å². The van der Waals surface area contributed by atoms with Gasteiger partial charge in [-0.1, -0.05) is 6.07 Å². The van der Waals surface area contributed by atoms with Crippen molar-refractivity contribution in [2.24, 2.45) is 11.3 Å². The molecule has 2 N–H and O–H groups in total. The van der Waals surface area contributed by atoms with Crippen molar-refractivity contribution < 1.29 is 28.0 Å². The van der Waals surface area contributed by atoms with Gasteiger partial charge in [0, 0.05) is 54.7 Å². The number of anilines is 1. The van der Waals surface area contributed by atoms with Crippen LogP contribution in [-0.4, -0.2) is 77.7 Å². The lowest BCUT2D eigenvalue weighted by Gasteiger charge is -2.27. The molecule has 2 aliphatic carbocycles. The number of hydrogen-bond acceptors (Lipinski definition) is 8. The number of hydrogen-bond donors (Lipinski definition) is 2. The van der Waals surface area contributed by atoms with Gasteiger partial charge >= 0.3 is 0 Å². The number of fused-ring (bicyclic) bond motifs is 2. The summed E-state index contributed by atoms with van der Waals surface area (Å²) in [6.07, 6.45) is 4.21. The number of ketones is 1. The lowest BCUT2D eigenvalue weighted by molar-refractivity contribution is -0.138. The van der Waals surface area contributed by atoms with Gasteiger partial charge < -0.3 is 15.5 Å². The van der Waals surface area contributed by atoms with Crippen molar-refractivity contribution in [2.45, 2.75) is 84.4 Å². The number of carbonyl (C=O) groups is 4. The number of piperidine rings is 1. The van der Waals surface area contributed by atoms with Crippen molar-refractivity contribution >= 4 is 56.2 Å². The number of rotatable bonds is 9. The Morgan fingerprint density at radius 2 is 1.75 bits per heavy atom. The first-order valence-corrected chi connectivity index (χ1v) is 17.7. The average Bonchev–Trinajstić information content (AvgIpc) is 3.30. The van der Waals surface area contributed by atoms with Crippen LogP contribution in [-0.2, 0) is 20.9 Å². The molecular formula is C36H37BrF2N8O4. The number of amides is 3. The fraction of sp³-hybridized carbons (Fsp3) is 0.444. The van der Waals surface area contributed by atoms with E-state index in [9.17, 15) is 28.0 Å². The van der Waals surface area contributed by atoms with Crippen LogP contribution < -0.4 is 10.6 Å². The quantitative estimate of drug-likeness (QED) is 0.172. The van der Waals surface area contributed by atoms with Gasteiger partial charge in [-0.05, 0) is 97.3 Å². The van der Waals surface area contributed by atoms with E-state index in [0.29, 0.717) is 33.6 Å². The zero-order chi connectivity index (χ0) is 36.4. The first kappa shape index (κ1) is 34.8. The number of nitrogens with one attached hydrogen (secondary N) is 2. The Hall–Kier alpha value is -4.66. The fourth-order valence-electron chi connectivity index (χ4n) is 7.76. The number of pyridine rings is 1. The maximum atomic E-state index is 14.4. The second kappa shape index (κ2) is 12.8. The number of alkyl halides is 2.